The summed E-state index contributed by atoms with van der Waals surface area (Å²) in [6.45, 7) is 6.75. The van der Waals surface area contributed by atoms with Crippen LogP contribution in [-0.4, -0.2) is 47.3 Å². The second-order valence-electron chi connectivity index (χ2n) is 6.91. The lowest BCUT2D eigenvalue weighted by Gasteiger charge is -2.42. The van der Waals surface area contributed by atoms with Gasteiger partial charge in [-0.05, 0) is 40.2 Å². The normalized spacial score (nSPS) is 36.1. The fourth-order valence-electron chi connectivity index (χ4n) is 2.83. The number of rotatable bonds is 2. The Labute approximate surface area is 126 Å². The van der Waals surface area contributed by atoms with Gasteiger partial charge < -0.3 is 14.6 Å². The van der Waals surface area contributed by atoms with Crippen LogP contribution in [0.5, 0.6) is 0 Å². The Morgan fingerprint density at radius 3 is 2.52 bits per heavy atom. The molecule has 1 spiro atoms. The van der Waals surface area contributed by atoms with Crippen LogP contribution >= 0.6 is 0 Å². The molecule has 2 rings (SSSR count). The molecule has 124 valence electrons. The number of halogens is 3. The van der Waals surface area contributed by atoms with Crippen molar-refractivity contribution in [3.05, 3.63) is 0 Å². The predicted octanol–water partition coefficient (Wildman–Crippen LogP) is 1.74. The van der Waals surface area contributed by atoms with Crippen LogP contribution < -0.4 is 10.0 Å². The van der Waals surface area contributed by atoms with E-state index < -0.39 is 33.8 Å². The summed E-state index contributed by atoms with van der Waals surface area (Å²) >= 11 is -1.32. The molecule has 0 aromatic rings. The summed E-state index contributed by atoms with van der Waals surface area (Å²) in [5.74, 6) is 0. The molecule has 4 nitrogen and oxygen atoms in total. The highest BCUT2D eigenvalue weighted by atomic mass is 32.2. The molecule has 0 aliphatic carbocycles. The van der Waals surface area contributed by atoms with E-state index in [4.69, 9.17) is 4.74 Å². The van der Waals surface area contributed by atoms with E-state index >= 15 is 0 Å². The topological polar surface area (TPSA) is 56.3 Å². The van der Waals surface area contributed by atoms with Crippen molar-refractivity contribution in [1.82, 2.24) is 10.0 Å². The van der Waals surface area contributed by atoms with Gasteiger partial charge in [0.1, 0.15) is 4.75 Å². The van der Waals surface area contributed by atoms with Gasteiger partial charge in [0.15, 0.2) is 6.10 Å². The maximum atomic E-state index is 12.9. The lowest BCUT2D eigenvalue weighted by atomic mass is 9.74. The van der Waals surface area contributed by atoms with E-state index in [0.717, 1.165) is 0 Å². The Morgan fingerprint density at radius 1 is 1.33 bits per heavy atom. The second kappa shape index (κ2) is 5.88. The van der Waals surface area contributed by atoms with Gasteiger partial charge in [-0.3, -0.25) is 0 Å². The molecular weight excluding hydrogens is 305 g/mol. The number of hydrogen-bond donors (Lipinski definition) is 2. The quantitative estimate of drug-likeness (QED) is 0.758. The molecule has 2 saturated heterocycles. The van der Waals surface area contributed by atoms with Gasteiger partial charge in [-0.1, -0.05) is 0 Å². The molecular formula is C13H23F3N2O2S. The SMILES string of the molecule is CC(C)(C)[S+]([O-])NC1CNCCC12CO[C@@H](C(F)(F)F)C2. The van der Waals surface area contributed by atoms with Crippen molar-refractivity contribution in [2.45, 2.75) is 56.7 Å². The maximum absolute atomic E-state index is 12.9. The third-order valence-electron chi connectivity index (χ3n) is 4.22. The van der Waals surface area contributed by atoms with Crippen LogP contribution in [0.4, 0.5) is 13.2 Å². The first-order chi connectivity index (χ1) is 9.55. The third-order valence-corrected chi connectivity index (χ3v) is 5.83. The molecule has 0 saturated carbocycles. The first kappa shape index (κ1) is 17.3. The Bertz CT molecular complexity index is 375. The fraction of sp³-hybridized carbons (Fsp3) is 1.00. The van der Waals surface area contributed by atoms with Gasteiger partial charge in [0.25, 0.3) is 0 Å². The molecule has 2 aliphatic heterocycles. The van der Waals surface area contributed by atoms with E-state index in [1.165, 1.54) is 0 Å². The summed E-state index contributed by atoms with van der Waals surface area (Å²) in [7, 11) is 0. The van der Waals surface area contributed by atoms with Crippen molar-refractivity contribution >= 4 is 11.4 Å². The van der Waals surface area contributed by atoms with Crippen LogP contribution in [0.3, 0.4) is 0 Å². The highest BCUT2D eigenvalue weighted by Gasteiger charge is 2.56. The smallest absolute Gasteiger partial charge is 0.414 e. The van der Waals surface area contributed by atoms with Gasteiger partial charge >= 0.3 is 6.18 Å². The van der Waals surface area contributed by atoms with Crippen LogP contribution in [0.1, 0.15) is 33.6 Å². The van der Waals surface area contributed by atoms with E-state index in [2.05, 4.69) is 10.0 Å². The maximum Gasteiger partial charge on any atom is 0.414 e. The number of nitrogens with one attached hydrogen (secondary N) is 2. The highest BCUT2D eigenvalue weighted by Crippen LogP contribution is 2.45. The van der Waals surface area contributed by atoms with Gasteiger partial charge in [-0.2, -0.15) is 13.2 Å². The third kappa shape index (κ3) is 3.85. The molecule has 0 aromatic carbocycles. The van der Waals surface area contributed by atoms with Crippen molar-refractivity contribution < 1.29 is 22.5 Å². The summed E-state index contributed by atoms with van der Waals surface area (Å²) in [5, 5.41) is 3.16. The minimum atomic E-state index is -4.33. The van der Waals surface area contributed by atoms with Gasteiger partial charge in [-0.15, -0.1) is 4.72 Å². The molecule has 2 heterocycles. The van der Waals surface area contributed by atoms with Crippen LogP contribution in [0, 0.1) is 5.41 Å². The summed E-state index contributed by atoms with van der Waals surface area (Å²) in [6, 6.07) is -0.279. The van der Waals surface area contributed by atoms with Gasteiger partial charge in [0, 0.05) is 23.3 Å². The molecule has 0 amide bonds. The van der Waals surface area contributed by atoms with Gasteiger partial charge in [-0.25, -0.2) is 0 Å². The van der Waals surface area contributed by atoms with E-state index in [1.807, 2.05) is 20.8 Å². The first-order valence-electron chi connectivity index (χ1n) is 7.12. The zero-order valence-corrected chi connectivity index (χ0v) is 13.4. The lowest BCUT2D eigenvalue weighted by Crippen LogP contribution is -2.60. The average molecular weight is 328 g/mol. The summed E-state index contributed by atoms with van der Waals surface area (Å²) in [6.07, 6.45) is -5.50. The van der Waals surface area contributed by atoms with E-state index in [9.17, 15) is 17.7 Å². The standard InChI is InChI=1S/C13H23F3N2O2S/c1-11(2,3)21(19)18-9-7-17-5-4-12(9)6-10(20-8-12)13(14,15)16/h9-10,17-18H,4-8H2,1-3H3/t9?,10-,12?,21?/m1/s1. The summed E-state index contributed by atoms with van der Waals surface area (Å²) < 4.78 is 58.4. The minimum absolute atomic E-state index is 0.0583. The summed E-state index contributed by atoms with van der Waals surface area (Å²) in [4.78, 5) is 0. The van der Waals surface area contributed by atoms with Crippen LogP contribution in [0.15, 0.2) is 0 Å². The van der Waals surface area contributed by atoms with Crippen molar-refractivity contribution in [3.8, 4) is 0 Å². The largest absolute Gasteiger partial charge is 0.598 e. The molecule has 2 fully saturated rings. The monoisotopic (exact) mass is 328 g/mol. The van der Waals surface area contributed by atoms with Crippen molar-refractivity contribution in [3.63, 3.8) is 0 Å². The van der Waals surface area contributed by atoms with E-state index in [-0.39, 0.29) is 19.1 Å². The molecule has 21 heavy (non-hydrogen) atoms. The van der Waals surface area contributed by atoms with E-state index in [0.29, 0.717) is 19.5 Å². The Hall–Kier alpha value is -0.0200. The average Bonchev–Trinajstić information content (AvgIpc) is 2.76. The minimum Gasteiger partial charge on any atom is -0.598 e. The van der Waals surface area contributed by atoms with Crippen LogP contribution in [-0.2, 0) is 16.1 Å². The van der Waals surface area contributed by atoms with E-state index in [1.54, 1.807) is 0 Å². The summed E-state index contributed by atoms with van der Waals surface area (Å²) in [5.41, 5.74) is -0.591. The highest BCUT2D eigenvalue weighted by molar-refractivity contribution is 7.90. The van der Waals surface area contributed by atoms with Crippen molar-refractivity contribution in [2.75, 3.05) is 19.7 Å². The molecule has 0 aromatic heterocycles. The molecule has 4 atom stereocenters. The number of piperidine rings is 1. The second-order valence-corrected chi connectivity index (χ2v) is 8.91. The molecule has 0 radical (unpaired) electrons. The first-order valence-corrected chi connectivity index (χ1v) is 8.27. The molecule has 8 heteroatoms. The number of hydrogen-bond acceptors (Lipinski definition) is 4. The zero-order valence-electron chi connectivity index (χ0n) is 12.5. The Kier molecular flexibility index (Phi) is 4.86. The van der Waals surface area contributed by atoms with Gasteiger partial charge in [0.2, 0.25) is 0 Å². The Morgan fingerprint density at radius 2 is 2.00 bits per heavy atom. The molecule has 2 aliphatic rings. The van der Waals surface area contributed by atoms with Crippen LogP contribution in [0.25, 0.3) is 0 Å². The fourth-order valence-corrected chi connectivity index (χ4v) is 3.77. The predicted molar refractivity (Wildman–Crippen MR) is 75.2 cm³/mol. The van der Waals surface area contributed by atoms with Crippen molar-refractivity contribution in [1.29, 1.82) is 0 Å². The van der Waals surface area contributed by atoms with Crippen molar-refractivity contribution in [2.24, 2.45) is 5.41 Å². The zero-order chi connectivity index (χ0) is 15.9. The Balaban J connectivity index is 2.09. The molecule has 0 bridgehead atoms. The molecule has 2 N–H and O–H groups in total. The number of alkyl halides is 3. The van der Waals surface area contributed by atoms with Gasteiger partial charge in [0.05, 0.1) is 12.6 Å². The van der Waals surface area contributed by atoms with Crippen LogP contribution in [0.2, 0.25) is 0 Å². The number of ether oxygens (including phenoxy) is 1. The molecule has 3 unspecified atom stereocenters. The lowest BCUT2D eigenvalue weighted by molar-refractivity contribution is -0.206.